The number of fused-ring (bicyclic) bond motifs is 1. The van der Waals surface area contributed by atoms with Crippen LogP contribution in [0.25, 0.3) is 0 Å². The van der Waals surface area contributed by atoms with Gasteiger partial charge in [-0.2, -0.15) is 0 Å². The Labute approximate surface area is 76.0 Å². The summed E-state index contributed by atoms with van der Waals surface area (Å²) in [7, 11) is 0. The lowest BCUT2D eigenvalue weighted by molar-refractivity contribution is 0.706. The topological polar surface area (TPSA) is 22.0 Å². The molecule has 0 atom stereocenters. The maximum absolute atomic E-state index is 11.6. The predicted octanol–water partition coefficient (Wildman–Crippen LogP) is 1.81. The van der Waals surface area contributed by atoms with Crippen molar-refractivity contribution >= 4 is 11.5 Å². The fourth-order valence-corrected chi connectivity index (χ4v) is 2.99. The number of aromatic nitrogens is 1. The summed E-state index contributed by atoms with van der Waals surface area (Å²) < 4.78 is 1.91. The Balaban J connectivity index is 2.41. The van der Waals surface area contributed by atoms with Crippen molar-refractivity contribution in [3.8, 4) is 0 Å². The maximum Gasteiger partial charge on any atom is 0.264 e. The van der Waals surface area contributed by atoms with Gasteiger partial charge in [-0.25, -0.2) is 0 Å². The Morgan fingerprint density at radius 2 is 2.33 bits per heavy atom. The van der Waals surface area contributed by atoms with Crippen LogP contribution >= 0.6 is 11.5 Å². The second-order valence-corrected chi connectivity index (χ2v) is 4.37. The lowest BCUT2D eigenvalue weighted by atomic mass is 10.3. The van der Waals surface area contributed by atoms with Crippen molar-refractivity contribution in [1.29, 1.82) is 0 Å². The highest BCUT2D eigenvalue weighted by atomic mass is 32.1. The molecule has 1 aliphatic carbocycles. The summed E-state index contributed by atoms with van der Waals surface area (Å²) in [5, 5.41) is 0. The molecule has 0 aliphatic heterocycles. The molecule has 0 N–H and O–H groups in total. The van der Waals surface area contributed by atoms with Crippen molar-refractivity contribution in [2.75, 3.05) is 0 Å². The van der Waals surface area contributed by atoms with E-state index in [1.165, 1.54) is 11.3 Å². The minimum Gasteiger partial charge on any atom is -0.268 e. The highest BCUT2D eigenvalue weighted by Crippen LogP contribution is 2.23. The third-order valence-electron chi connectivity index (χ3n) is 2.30. The van der Waals surface area contributed by atoms with Crippen molar-refractivity contribution in [3.63, 3.8) is 0 Å². The van der Waals surface area contributed by atoms with E-state index in [1.54, 1.807) is 11.5 Å². The van der Waals surface area contributed by atoms with Gasteiger partial charge in [0.05, 0.1) is 0 Å². The van der Waals surface area contributed by atoms with Crippen LogP contribution in [-0.4, -0.2) is 3.96 Å². The smallest absolute Gasteiger partial charge is 0.264 e. The Morgan fingerprint density at radius 3 is 3.00 bits per heavy atom. The SMILES string of the molecule is CCCn1sc2c(c1=O)CCC2. The first-order valence-corrected chi connectivity index (χ1v) is 5.32. The number of aryl methyl sites for hydroxylation is 2. The molecule has 0 fully saturated rings. The number of nitrogens with zero attached hydrogens (tertiary/aromatic N) is 1. The van der Waals surface area contributed by atoms with E-state index in [9.17, 15) is 4.79 Å². The molecule has 1 aromatic heterocycles. The highest BCUT2D eigenvalue weighted by Gasteiger charge is 2.18. The van der Waals surface area contributed by atoms with Crippen molar-refractivity contribution < 1.29 is 0 Å². The molecule has 1 aromatic rings. The zero-order valence-corrected chi connectivity index (χ0v) is 8.12. The minimum atomic E-state index is 0.286. The third-order valence-corrected chi connectivity index (χ3v) is 3.54. The average Bonchev–Trinajstić information content (AvgIpc) is 2.58. The molecule has 1 heterocycles. The van der Waals surface area contributed by atoms with E-state index in [1.807, 2.05) is 3.96 Å². The van der Waals surface area contributed by atoms with Gasteiger partial charge in [-0.15, -0.1) is 0 Å². The molecule has 0 unspecified atom stereocenters. The number of hydrogen-bond donors (Lipinski definition) is 0. The van der Waals surface area contributed by atoms with Gasteiger partial charge in [0.15, 0.2) is 0 Å². The fourth-order valence-electron chi connectivity index (χ4n) is 1.72. The van der Waals surface area contributed by atoms with Gasteiger partial charge >= 0.3 is 0 Å². The lowest BCUT2D eigenvalue weighted by Crippen LogP contribution is -2.15. The van der Waals surface area contributed by atoms with Gasteiger partial charge in [0.1, 0.15) is 0 Å². The van der Waals surface area contributed by atoms with Gasteiger partial charge in [-0.3, -0.25) is 8.75 Å². The van der Waals surface area contributed by atoms with Crippen LogP contribution in [0.15, 0.2) is 4.79 Å². The molecule has 0 spiro atoms. The second-order valence-electron chi connectivity index (χ2n) is 3.25. The fraction of sp³-hybridized carbons (Fsp3) is 0.667. The number of rotatable bonds is 2. The number of hydrogen-bond acceptors (Lipinski definition) is 2. The molecule has 0 radical (unpaired) electrons. The van der Waals surface area contributed by atoms with E-state index in [0.29, 0.717) is 0 Å². The summed E-state index contributed by atoms with van der Waals surface area (Å²) in [5.74, 6) is 0. The van der Waals surface area contributed by atoms with Crippen molar-refractivity contribution in [2.45, 2.75) is 39.2 Å². The molecular weight excluding hydrogens is 170 g/mol. The molecule has 12 heavy (non-hydrogen) atoms. The molecule has 2 nitrogen and oxygen atoms in total. The normalized spacial score (nSPS) is 15.1. The molecule has 66 valence electrons. The van der Waals surface area contributed by atoms with Gasteiger partial charge in [-0.05, 0) is 25.7 Å². The van der Waals surface area contributed by atoms with Crippen molar-refractivity contribution in [3.05, 3.63) is 20.8 Å². The van der Waals surface area contributed by atoms with Crippen LogP contribution in [0.4, 0.5) is 0 Å². The van der Waals surface area contributed by atoms with Crippen LogP contribution in [0.1, 0.15) is 30.2 Å². The first-order chi connectivity index (χ1) is 5.83. The van der Waals surface area contributed by atoms with Gasteiger partial charge < -0.3 is 0 Å². The van der Waals surface area contributed by atoms with E-state index in [0.717, 1.165) is 31.4 Å². The van der Waals surface area contributed by atoms with E-state index in [2.05, 4.69) is 6.92 Å². The Bertz CT molecular complexity index is 337. The van der Waals surface area contributed by atoms with Gasteiger partial charge in [-0.1, -0.05) is 18.5 Å². The van der Waals surface area contributed by atoms with Crippen LogP contribution in [0.5, 0.6) is 0 Å². The summed E-state index contributed by atoms with van der Waals surface area (Å²) in [6, 6.07) is 0. The minimum absolute atomic E-state index is 0.286. The van der Waals surface area contributed by atoms with Crippen LogP contribution in [0.3, 0.4) is 0 Å². The quantitative estimate of drug-likeness (QED) is 0.685. The molecule has 3 heteroatoms. The molecule has 0 bridgehead atoms. The molecule has 1 aliphatic rings. The first kappa shape index (κ1) is 8.05. The summed E-state index contributed by atoms with van der Waals surface area (Å²) in [5.41, 5.74) is 1.39. The summed E-state index contributed by atoms with van der Waals surface area (Å²) in [4.78, 5) is 13.0. The monoisotopic (exact) mass is 183 g/mol. The molecule has 0 saturated carbocycles. The predicted molar refractivity (Wildman–Crippen MR) is 50.9 cm³/mol. The highest BCUT2D eigenvalue weighted by molar-refractivity contribution is 7.06. The van der Waals surface area contributed by atoms with E-state index >= 15 is 0 Å². The zero-order valence-electron chi connectivity index (χ0n) is 7.30. The van der Waals surface area contributed by atoms with E-state index < -0.39 is 0 Å². The van der Waals surface area contributed by atoms with Crippen molar-refractivity contribution in [2.24, 2.45) is 0 Å². The maximum atomic E-state index is 11.6. The van der Waals surface area contributed by atoms with Crippen LogP contribution < -0.4 is 5.56 Å². The summed E-state index contributed by atoms with van der Waals surface area (Å²) in [6.07, 6.45) is 4.38. The zero-order chi connectivity index (χ0) is 8.55. The van der Waals surface area contributed by atoms with E-state index in [4.69, 9.17) is 0 Å². The second kappa shape index (κ2) is 3.05. The molecule has 0 saturated heterocycles. The Morgan fingerprint density at radius 1 is 1.50 bits per heavy atom. The van der Waals surface area contributed by atoms with Gasteiger partial charge in [0.2, 0.25) is 0 Å². The van der Waals surface area contributed by atoms with Gasteiger partial charge in [0, 0.05) is 17.0 Å². The Hall–Kier alpha value is -0.570. The first-order valence-electron chi connectivity index (χ1n) is 4.54. The van der Waals surface area contributed by atoms with Gasteiger partial charge in [0.25, 0.3) is 5.56 Å². The average molecular weight is 183 g/mol. The molecular formula is C9H13NOS. The molecule has 2 rings (SSSR count). The third kappa shape index (κ3) is 1.12. The van der Waals surface area contributed by atoms with Crippen molar-refractivity contribution in [1.82, 2.24) is 3.96 Å². The lowest BCUT2D eigenvalue weighted by Gasteiger charge is -1.95. The van der Waals surface area contributed by atoms with Crippen LogP contribution in [-0.2, 0) is 19.4 Å². The summed E-state index contributed by atoms with van der Waals surface area (Å²) in [6.45, 7) is 3.01. The Kier molecular flexibility index (Phi) is 2.05. The molecule has 0 aromatic carbocycles. The largest absolute Gasteiger partial charge is 0.268 e. The molecule has 0 amide bonds. The standard InChI is InChI=1S/C9H13NOS/c1-2-6-10-9(11)7-4-3-5-8(7)12-10/h2-6H2,1H3. The van der Waals surface area contributed by atoms with E-state index in [-0.39, 0.29) is 5.56 Å². The summed E-state index contributed by atoms with van der Waals surface area (Å²) >= 11 is 1.68. The van der Waals surface area contributed by atoms with Crippen LogP contribution in [0.2, 0.25) is 0 Å². The van der Waals surface area contributed by atoms with Crippen LogP contribution in [0, 0.1) is 0 Å².